The maximum Gasteiger partial charge on any atom is 0.302 e. The molecule has 1 aliphatic carbocycles. The van der Waals surface area contributed by atoms with Crippen molar-refractivity contribution in [1.82, 2.24) is 0 Å². The van der Waals surface area contributed by atoms with Crippen molar-refractivity contribution in [1.29, 1.82) is 0 Å². The van der Waals surface area contributed by atoms with Crippen molar-refractivity contribution >= 4 is 17.5 Å². The highest BCUT2D eigenvalue weighted by atomic mass is 16.5. The van der Waals surface area contributed by atoms with E-state index in [2.05, 4.69) is 11.8 Å². The monoisotopic (exact) mass is 292 g/mol. The molecular formula is C15H16O6. The summed E-state index contributed by atoms with van der Waals surface area (Å²) in [5.41, 5.74) is -2.31. The van der Waals surface area contributed by atoms with Gasteiger partial charge in [0.15, 0.2) is 11.4 Å². The van der Waals surface area contributed by atoms with Gasteiger partial charge < -0.3 is 14.9 Å². The lowest BCUT2D eigenvalue weighted by Gasteiger charge is -2.24. The highest BCUT2D eigenvalue weighted by Crippen LogP contribution is 2.25. The lowest BCUT2D eigenvalue weighted by molar-refractivity contribution is -0.144. The second kappa shape index (κ2) is 6.86. The maximum absolute atomic E-state index is 11.8. The second-order valence-corrected chi connectivity index (χ2v) is 4.61. The van der Waals surface area contributed by atoms with Crippen molar-refractivity contribution in [3.63, 3.8) is 0 Å². The number of ether oxygens (including phenoxy) is 1. The number of esters is 1. The van der Waals surface area contributed by atoms with Crippen molar-refractivity contribution in [2.24, 2.45) is 0 Å². The Kier molecular flexibility index (Phi) is 5.44. The van der Waals surface area contributed by atoms with Crippen LogP contribution in [0.1, 0.15) is 26.7 Å². The first kappa shape index (κ1) is 16.7. The van der Waals surface area contributed by atoms with Gasteiger partial charge in [0.05, 0.1) is 18.4 Å². The van der Waals surface area contributed by atoms with Crippen LogP contribution >= 0.6 is 0 Å². The van der Waals surface area contributed by atoms with Gasteiger partial charge in [-0.05, 0) is 13.3 Å². The number of unbranched alkanes of at least 4 members (excludes halogenated alkanes) is 1. The maximum atomic E-state index is 11.8. The molecule has 112 valence electrons. The van der Waals surface area contributed by atoms with Gasteiger partial charge in [0, 0.05) is 25.0 Å². The number of allylic oxidation sites excluding steroid dienone is 1. The van der Waals surface area contributed by atoms with Crippen LogP contribution in [0.2, 0.25) is 0 Å². The molecule has 0 fully saturated rings. The van der Waals surface area contributed by atoms with E-state index in [1.807, 2.05) is 0 Å². The van der Waals surface area contributed by atoms with Crippen molar-refractivity contribution in [3.05, 3.63) is 23.5 Å². The van der Waals surface area contributed by atoms with E-state index < -0.39 is 17.2 Å². The summed E-state index contributed by atoms with van der Waals surface area (Å²) in [4.78, 5) is 34.0. The average molecular weight is 292 g/mol. The molecule has 0 spiro atoms. The summed E-state index contributed by atoms with van der Waals surface area (Å²) < 4.78 is 4.72. The minimum Gasteiger partial charge on any atom is -0.515 e. The van der Waals surface area contributed by atoms with E-state index in [-0.39, 0.29) is 23.7 Å². The SMILES string of the molecule is CC(=O)OCCCC#CC1=CC(=O)[C@@](C)(O)C(=O)/C1=C\O. The minimum atomic E-state index is -2.17. The lowest BCUT2D eigenvalue weighted by atomic mass is 9.81. The predicted molar refractivity (Wildman–Crippen MR) is 73.1 cm³/mol. The molecule has 0 aromatic heterocycles. The number of hydrogen-bond acceptors (Lipinski definition) is 6. The number of carbonyl (C=O) groups excluding carboxylic acids is 3. The van der Waals surface area contributed by atoms with E-state index in [4.69, 9.17) is 9.84 Å². The molecular weight excluding hydrogens is 276 g/mol. The summed E-state index contributed by atoms with van der Waals surface area (Å²) in [5, 5.41) is 18.8. The van der Waals surface area contributed by atoms with Crippen molar-refractivity contribution in [3.8, 4) is 11.8 Å². The predicted octanol–water partition coefficient (Wildman–Crippen LogP) is 0.604. The fourth-order valence-corrected chi connectivity index (χ4v) is 1.61. The van der Waals surface area contributed by atoms with Gasteiger partial charge in [-0.3, -0.25) is 14.4 Å². The zero-order valence-corrected chi connectivity index (χ0v) is 11.8. The van der Waals surface area contributed by atoms with Crippen LogP contribution in [0.3, 0.4) is 0 Å². The first-order chi connectivity index (χ1) is 9.80. The van der Waals surface area contributed by atoms with Crippen LogP contribution in [0.15, 0.2) is 23.5 Å². The first-order valence-corrected chi connectivity index (χ1v) is 6.31. The van der Waals surface area contributed by atoms with Gasteiger partial charge in [0.1, 0.15) is 0 Å². The second-order valence-electron chi connectivity index (χ2n) is 4.61. The number of carbonyl (C=O) groups is 3. The summed E-state index contributed by atoms with van der Waals surface area (Å²) in [5.74, 6) is 3.28. The van der Waals surface area contributed by atoms with Crippen molar-refractivity contribution < 1.29 is 29.3 Å². The smallest absolute Gasteiger partial charge is 0.302 e. The summed E-state index contributed by atoms with van der Waals surface area (Å²) in [6.45, 7) is 2.61. The first-order valence-electron chi connectivity index (χ1n) is 6.31. The molecule has 6 nitrogen and oxygen atoms in total. The fourth-order valence-electron chi connectivity index (χ4n) is 1.61. The largest absolute Gasteiger partial charge is 0.515 e. The van der Waals surface area contributed by atoms with E-state index in [0.717, 1.165) is 13.0 Å². The topological polar surface area (TPSA) is 101 Å². The zero-order chi connectivity index (χ0) is 16.0. The van der Waals surface area contributed by atoms with Gasteiger partial charge in [-0.25, -0.2) is 0 Å². The molecule has 0 amide bonds. The Hall–Kier alpha value is -2.39. The molecule has 1 aliphatic rings. The highest BCUT2D eigenvalue weighted by Gasteiger charge is 2.43. The molecule has 0 radical (unpaired) electrons. The molecule has 21 heavy (non-hydrogen) atoms. The standard InChI is InChI=1S/C15H16O6/c1-10(17)21-7-5-3-4-6-11-8-13(18)15(2,20)14(19)12(11)9-16/h8-9,16,20H,3,5,7H2,1-2H3/b12-9-/t15-/m1/s1. The summed E-state index contributed by atoms with van der Waals surface area (Å²) in [6.07, 6.45) is 2.46. The van der Waals surface area contributed by atoms with Crippen LogP contribution in [0.25, 0.3) is 0 Å². The molecule has 1 atom stereocenters. The van der Waals surface area contributed by atoms with Crippen LogP contribution in [-0.4, -0.2) is 40.0 Å². The van der Waals surface area contributed by atoms with Gasteiger partial charge in [-0.2, -0.15) is 0 Å². The van der Waals surface area contributed by atoms with Gasteiger partial charge in [0.25, 0.3) is 0 Å². The molecule has 0 heterocycles. The van der Waals surface area contributed by atoms with Crippen LogP contribution < -0.4 is 0 Å². The van der Waals surface area contributed by atoms with E-state index in [1.54, 1.807) is 0 Å². The minimum absolute atomic E-state index is 0.0616. The van der Waals surface area contributed by atoms with Crippen LogP contribution in [-0.2, 0) is 19.1 Å². The summed E-state index contributed by atoms with van der Waals surface area (Å²) in [6, 6.07) is 0. The van der Waals surface area contributed by atoms with Gasteiger partial charge >= 0.3 is 5.97 Å². The number of aliphatic hydroxyl groups is 2. The Morgan fingerprint density at radius 3 is 2.71 bits per heavy atom. The molecule has 1 rings (SSSR count). The number of rotatable bonds is 3. The highest BCUT2D eigenvalue weighted by molar-refractivity contribution is 6.25. The number of hydrogen-bond donors (Lipinski definition) is 2. The van der Waals surface area contributed by atoms with Crippen molar-refractivity contribution in [2.75, 3.05) is 6.61 Å². The molecule has 0 aliphatic heterocycles. The Morgan fingerprint density at radius 1 is 1.48 bits per heavy atom. The van der Waals surface area contributed by atoms with Crippen molar-refractivity contribution in [2.45, 2.75) is 32.3 Å². The van der Waals surface area contributed by atoms with Crippen LogP contribution in [0.4, 0.5) is 0 Å². The third-order valence-corrected chi connectivity index (χ3v) is 2.84. The number of aliphatic hydroxyl groups excluding tert-OH is 1. The Bertz CT molecular complexity index is 583. The quantitative estimate of drug-likeness (QED) is 0.197. The number of Topliss-reactive ketones (excluding diaryl/α,β-unsaturated/α-hetero) is 1. The van der Waals surface area contributed by atoms with Crippen LogP contribution in [0.5, 0.6) is 0 Å². The molecule has 0 saturated carbocycles. The third-order valence-electron chi connectivity index (χ3n) is 2.84. The van der Waals surface area contributed by atoms with E-state index >= 15 is 0 Å². The molecule has 2 N–H and O–H groups in total. The fraction of sp³-hybridized carbons (Fsp3) is 0.400. The summed E-state index contributed by atoms with van der Waals surface area (Å²) in [7, 11) is 0. The summed E-state index contributed by atoms with van der Waals surface area (Å²) >= 11 is 0. The Morgan fingerprint density at radius 2 is 2.14 bits per heavy atom. The molecule has 0 aromatic rings. The normalized spacial score (nSPS) is 23.4. The molecule has 0 bridgehead atoms. The van der Waals surface area contributed by atoms with Crippen LogP contribution in [0, 0.1) is 11.8 Å². The number of ketones is 2. The van der Waals surface area contributed by atoms with E-state index in [0.29, 0.717) is 19.1 Å². The zero-order valence-electron chi connectivity index (χ0n) is 11.8. The van der Waals surface area contributed by atoms with E-state index in [1.165, 1.54) is 6.92 Å². The molecule has 0 unspecified atom stereocenters. The lowest BCUT2D eigenvalue weighted by Crippen LogP contribution is -2.46. The van der Waals surface area contributed by atoms with Gasteiger partial charge in [-0.15, -0.1) is 0 Å². The van der Waals surface area contributed by atoms with Gasteiger partial charge in [-0.1, -0.05) is 11.8 Å². The van der Waals surface area contributed by atoms with E-state index in [9.17, 15) is 19.5 Å². The Labute approximate surface area is 122 Å². The average Bonchev–Trinajstić information content (AvgIpc) is 2.40. The molecule has 0 saturated heterocycles. The third kappa shape index (κ3) is 4.04. The molecule has 6 heteroatoms. The molecule has 0 aromatic carbocycles. The Balaban J connectivity index is 2.77. The van der Waals surface area contributed by atoms with Gasteiger partial charge in [0.2, 0.25) is 5.78 Å².